The van der Waals surface area contributed by atoms with Gasteiger partial charge in [0, 0.05) is 23.3 Å². The first-order chi connectivity index (χ1) is 24.0. The molecule has 0 radical (unpaired) electrons. The predicted molar refractivity (Wildman–Crippen MR) is 240 cm³/mol. The monoisotopic (exact) mass is 1210 g/mol. The van der Waals surface area contributed by atoms with Crippen molar-refractivity contribution in [2.24, 2.45) is 0 Å². The van der Waals surface area contributed by atoms with E-state index in [1.54, 1.807) is 0 Å². The van der Waals surface area contributed by atoms with Gasteiger partial charge in [-0.2, -0.15) is 0 Å². The second-order valence-corrected chi connectivity index (χ2v) is 24.8. The summed E-state index contributed by atoms with van der Waals surface area (Å²) < 4.78 is 0. The van der Waals surface area contributed by atoms with Gasteiger partial charge >= 0.3 is 147 Å². The molecule has 0 fully saturated rings. The molecule has 2 aromatic carbocycles. The van der Waals surface area contributed by atoms with Crippen LogP contribution in [0.5, 0.6) is 0 Å². The Kier molecular flexibility index (Phi) is 46.8. The van der Waals surface area contributed by atoms with E-state index in [4.69, 9.17) is 0 Å². The molecule has 288 valence electrons. The molecule has 0 spiro atoms. The van der Waals surface area contributed by atoms with Gasteiger partial charge in [-0.1, -0.05) is 155 Å². The van der Waals surface area contributed by atoms with E-state index in [1.165, 1.54) is 138 Å². The Morgan fingerprint density at radius 3 is 0.943 bits per heavy atom. The minimum Gasteiger partial charge on any atom is -0.815 e. The molecule has 0 heterocycles. The van der Waals surface area contributed by atoms with Crippen molar-refractivity contribution in [3.63, 3.8) is 0 Å². The summed E-state index contributed by atoms with van der Waals surface area (Å²) in [7, 11) is 1.74. The Hall–Kier alpha value is 4.99. The first-order valence-electron chi connectivity index (χ1n) is 19.6. The largest absolute Gasteiger partial charge is 2.00 e. The molecule has 0 N–H and O–H groups in total. The standard InChI is InChI=1S/2C20H33O2PS2.3Ba/c2*1-3-5-7-9-11-14-18-15-13-17-20(25-23(21,22)24)19(18)16-12-10-8-6-4-2;;;/h2*13,15,17H,3-12,14,16H2,1-2H3;;;/q2*-2;3*+2. The average Bonchev–Trinajstić information content (AvgIpc) is 3.05. The van der Waals surface area contributed by atoms with Gasteiger partial charge in [-0.25, -0.2) is 0 Å². The number of rotatable bonds is 26. The molecule has 13 heteroatoms. The number of hydrogen-bond donors (Lipinski definition) is 0. The molecule has 53 heavy (non-hydrogen) atoms. The van der Waals surface area contributed by atoms with Crippen molar-refractivity contribution in [3.05, 3.63) is 58.7 Å². The van der Waals surface area contributed by atoms with Crippen molar-refractivity contribution < 1.29 is 19.6 Å². The van der Waals surface area contributed by atoms with E-state index < -0.39 is 11.4 Å². The van der Waals surface area contributed by atoms with E-state index in [2.05, 4.69) is 64.3 Å². The van der Waals surface area contributed by atoms with E-state index in [-0.39, 0.29) is 147 Å². The van der Waals surface area contributed by atoms with Crippen molar-refractivity contribution in [1.29, 1.82) is 0 Å². The van der Waals surface area contributed by atoms with Crippen LogP contribution in [0, 0.1) is 0 Å². The predicted octanol–water partition coefficient (Wildman–Crippen LogP) is 9.06. The molecule has 2 rings (SSSR count). The molecule has 0 aliphatic carbocycles. The fraction of sp³-hybridized carbons (Fsp3) is 0.700. The SMILES string of the molecule is CCCCCCCc1cccc([S+]=P([O-])([O-])[S-])c1CCCCCCC.CCCCCCCc1cccc([S+]=P([O-])([O-])[S-])c1CCCCCCC.[Ba+2].[Ba+2].[Ba+2]. The van der Waals surface area contributed by atoms with Gasteiger partial charge in [0.05, 0.1) is 0 Å². The number of benzene rings is 2. The zero-order valence-electron chi connectivity index (χ0n) is 33.7. The summed E-state index contributed by atoms with van der Waals surface area (Å²) >= 11 is 9.28. The maximum Gasteiger partial charge on any atom is 2.00 e. The van der Waals surface area contributed by atoms with Gasteiger partial charge in [0.15, 0.2) is 0 Å². The average molecular weight is 1210 g/mol. The van der Waals surface area contributed by atoms with E-state index in [1.807, 2.05) is 24.3 Å². The van der Waals surface area contributed by atoms with Crippen LogP contribution in [-0.2, 0) is 72.1 Å². The minimum atomic E-state index is -3.77. The molecular formula is C40H66Ba3O4P2S4+2. The summed E-state index contributed by atoms with van der Waals surface area (Å²) in [5.41, 5.74) is -2.46. The molecule has 0 saturated carbocycles. The number of hydrogen-bond acceptors (Lipinski definition) is 6. The van der Waals surface area contributed by atoms with Crippen molar-refractivity contribution in [2.75, 3.05) is 0 Å². The van der Waals surface area contributed by atoms with Gasteiger partial charge in [0.1, 0.15) is 21.9 Å². The second kappa shape index (κ2) is 39.8. The van der Waals surface area contributed by atoms with Crippen LogP contribution in [0.1, 0.15) is 178 Å². The van der Waals surface area contributed by atoms with Gasteiger partial charge < -0.3 is 44.1 Å². The van der Waals surface area contributed by atoms with Gasteiger partial charge in [-0.3, -0.25) is 0 Å². The van der Waals surface area contributed by atoms with Gasteiger partial charge in [-0.05, 0) is 62.5 Å². The summed E-state index contributed by atoms with van der Waals surface area (Å²) in [4.78, 5) is 48.2. The zero-order chi connectivity index (χ0) is 37.1. The quantitative estimate of drug-likeness (QED) is 0.0307. The molecule has 4 nitrogen and oxygen atoms in total. The Balaban J connectivity index is -0.000000893. The maximum absolute atomic E-state index is 11.6. The fourth-order valence-electron chi connectivity index (χ4n) is 6.32. The van der Waals surface area contributed by atoms with Crippen LogP contribution in [-0.4, -0.2) is 147 Å². The van der Waals surface area contributed by atoms with Crippen LogP contribution in [0.15, 0.2) is 46.2 Å². The summed E-state index contributed by atoms with van der Waals surface area (Å²) in [5, 5.41) is 0. The Morgan fingerprint density at radius 2 is 0.679 bits per heavy atom. The number of unbranched alkanes of at least 4 members (excludes halogenated alkanes) is 16. The number of aryl methyl sites for hydroxylation is 2. The molecule has 0 bridgehead atoms. The van der Waals surface area contributed by atoms with Crippen LogP contribution < -0.4 is 19.6 Å². The van der Waals surface area contributed by atoms with Crippen LogP contribution in [0.3, 0.4) is 0 Å². The summed E-state index contributed by atoms with van der Waals surface area (Å²) in [5.74, 6) is 0. The van der Waals surface area contributed by atoms with Crippen LogP contribution in [0.25, 0.3) is 0 Å². The Morgan fingerprint density at radius 1 is 0.415 bits per heavy atom. The second-order valence-electron chi connectivity index (χ2n) is 13.5. The van der Waals surface area contributed by atoms with Crippen molar-refractivity contribution in [1.82, 2.24) is 0 Å². The van der Waals surface area contributed by atoms with Crippen LogP contribution >= 0.6 is 11.4 Å². The molecule has 0 atom stereocenters. The van der Waals surface area contributed by atoms with Crippen LogP contribution in [0.2, 0.25) is 0 Å². The molecule has 0 aliphatic heterocycles. The van der Waals surface area contributed by atoms with E-state index >= 15 is 0 Å². The van der Waals surface area contributed by atoms with E-state index in [9.17, 15) is 19.6 Å². The third-order valence-corrected chi connectivity index (χ3v) is 14.5. The third-order valence-electron chi connectivity index (χ3n) is 9.04. The zero-order valence-corrected chi connectivity index (χ0v) is 52.1. The van der Waals surface area contributed by atoms with Crippen molar-refractivity contribution in [3.8, 4) is 0 Å². The fourth-order valence-corrected chi connectivity index (χ4v) is 11.7. The normalized spacial score (nSPS) is 11.1. The van der Waals surface area contributed by atoms with Crippen LogP contribution in [0.4, 0.5) is 0 Å². The van der Waals surface area contributed by atoms with E-state index in [0.29, 0.717) is 0 Å². The third kappa shape index (κ3) is 34.2. The molecule has 0 saturated heterocycles. The molecule has 0 aromatic heterocycles. The molecular weight excluding hydrogens is 1150 g/mol. The molecule has 0 amide bonds. The summed E-state index contributed by atoms with van der Waals surface area (Å²) in [6.07, 6.45) is 28.8. The Labute approximate surface area is 465 Å². The van der Waals surface area contributed by atoms with Gasteiger partial charge in [-0.15, -0.1) is 11.4 Å². The first-order valence-corrected chi connectivity index (χ1v) is 27.7. The van der Waals surface area contributed by atoms with Gasteiger partial charge in [0.25, 0.3) is 0 Å². The Bertz CT molecular complexity index is 1180. The summed E-state index contributed by atoms with van der Waals surface area (Å²) in [6.45, 7) is 8.90. The van der Waals surface area contributed by atoms with E-state index in [0.717, 1.165) is 70.2 Å². The molecule has 0 unspecified atom stereocenters. The minimum absolute atomic E-state index is 0. The molecule has 2 aromatic rings. The van der Waals surface area contributed by atoms with Crippen molar-refractivity contribution >= 4 is 204 Å². The maximum atomic E-state index is 11.6. The first kappa shape index (κ1) is 62.3. The van der Waals surface area contributed by atoms with Crippen molar-refractivity contribution in [2.45, 2.75) is 192 Å². The topological polar surface area (TPSA) is 92.2 Å². The smallest absolute Gasteiger partial charge is 0.815 e. The van der Waals surface area contributed by atoms with Gasteiger partial charge in [0.2, 0.25) is 9.79 Å². The summed E-state index contributed by atoms with van der Waals surface area (Å²) in [6, 6.07) is 12.1. The molecule has 0 aliphatic rings.